The maximum atomic E-state index is 13.0. The molecule has 2 saturated heterocycles. The molecule has 3 aliphatic rings. The predicted molar refractivity (Wildman–Crippen MR) is 99.5 cm³/mol. The number of carbonyl (C=O) groups is 1. The third-order valence-corrected chi connectivity index (χ3v) is 5.98. The maximum Gasteiger partial charge on any atom is 0.490 e. The molecule has 1 aromatic heterocycles. The van der Waals surface area contributed by atoms with Crippen molar-refractivity contribution in [1.82, 2.24) is 14.9 Å². The van der Waals surface area contributed by atoms with E-state index >= 15 is 0 Å². The van der Waals surface area contributed by atoms with E-state index in [-0.39, 0.29) is 11.2 Å². The number of methoxy groups -OCH3 is 1. The third kappa shape index (κ3) is 5.57. The second kappa shape index (κ2) is 9.01. The Labute approximate surface area is 172 Å². The number of rotatable bonds is 5. The molecule has 0 unspecified atom stereocenters. The minimum atomic E-state index is -5.08. The van der Waals surface area contributed by atoms with E-state index in [0.717, 1.165) is 45.1 Å². The van der Waals surface area contributed by atoms with Gasteiger partial charge in [0.15, 0.2) is 5.82 Å². The molecule has 1 aliphatic carbocycles. The van der Waals surface area contributed by atoms with Crippen LogP contribution in [-0.2, 0) is 9.53 Å². The van der Waals surface area contributed by atoms with Crippen LogP contribution in [0.2, 0.25) is 0 Å². The fourth-order valence-corrected chi connectivity index (χ4v) is 4.38. The molecule has 30 heavy (non-hydrogen) atoms. The first-order chi connectivity index (χ1) is 14.1. The summed E-state index contributed by atoms with van der Waals surface area (Å²) in [6, 6.07) is 0. The van der Waals surface area contributed by atoms with Gasteiger partial charge in [-0.15, -0.1) is 0 Å². The number of hydrogen-bond donors (Lipinski definition) is 1. The van der Waals surface area contributed by atoms with Crippen LogP contribution in [0.5, 0.6) is 0 Å². The normalized spacial score (nSPS) is 26.7. The molecular weight excluding hydrogens is 408 g/mol. The van der Waals surface area contributed by atoms with Crippen molar-refractivity contribution in [3.05, 3.63) is 18.2 Å². The first-order valence-electron chi connectivity index (χ1n) is 9.87. The average molecular weight is 434 g/mol. The Morgan fingerprint density at radius 2 is 1.93 bits per heavy atom. The number of alkyl halides is 3. The van der Waals surface area contributed by atoms with Gasteiger partial charge in [0.1, 0.15) is 0 Å². The Hall–Kier alpha value is -2.01. The summed E-state index contributed by atoms with van der Waals surface area (Å²) in [5, 5.41) is 7.12. The summed E-state index contributed by atoms with van der Waals surface area (Å²) in [5.74, 6) is -0.994. The van der Waals surface area contributed by atoms with Crippen molar-refractivity contribution >= 4 is 11.9 Å². The number of nitrogens with zero attached hydrogens (tertiary/aromatic N) is 4. The number of carboxylic acid groups (broad SMARTS) is 1. The lowest BCUT2D eigenvalue weighted by atomic mass is 9.78. The second-order valence-corrected chi connectivity index (χ2v) is 8.33. The zero-order valence-electron chi connectivity index (χ0n) is 16.7. The number of anilines is 1. The lowest BCUT2D eigenvalue weighted by molar-refractivity contribution is -0.192. The van der Waals surface area contributed by atoms with E-state index in [1.54, 1.807) is 7.11 Å². The minimum absolute atomic E-state index is 0.267. The molecular formula is C19H26F4N4O3. The Kier molecular flexibility index (Phi) is 6.81. The largest absolute Gasteiger partial charge is 0.490 e. The number of halogens is 4. The third-order valence-electron chi connectivity index (χ3n) is 5.98. The summed E-state index contributed by atoms with van der Waals surface area (Å²) in [4.78, 5) is 22.1. The van der Waals surface area contributed by atoms with Crippen LogP contribution in [0, 0.1) is 23.1 Å². The molecule has 3 fully saturated rings. The number of carboxylic acids is 1. The van der Waals surface area contributed by atoms with Gasteiger partial charge in [0, 0.05) is 51.2 Å². The Balaban J connectivity index is 0.000000318. The number of likely N-dealkylation sites (tertiary alicyclic amines) is 1. The van der Waals surface area contributed by atoms with Crippen molar-refractivity contribution in [2.45, 2.75) is 25.4 Å². The lowest BCUT2D eigenvalue weighted by Crippen LogP contribution is -2.36. The summed E-state index contributed by atoms with van der Waals surface area (Å²) in [6.45, 7) is 6.25. The molecule has 1 N–H and O–H groups in total. The standard InChI is InChI=1S/C17H25FN4O.C2HF3O2/c1-23-10-14-9-21(8-13-2-3-13)11-17(14)4-5-22(12-17)16-19-6-15(18)7-20-16;3-2(4,5)1(6)7/h6-7,13-14H,2-5,8-12H2,1H3;(H,6,7)/t14-,17-;/m1./s1. The maximum absolute atomic E-state index is 13.0. The van der Waals surface area contributed by atoms with Crippen molar-refractivity contribution in [2.24, 2.45) is 17.3 Å². The van der Waals surface area contributed by atoms with Crippen LogP contribution in [0.15, 0.2) is 12.4 Å². The van der Waals surface area contributed by atoms with Gasteiger partial charge in [-0.25, -0.2) is 19.2 Å². The predicted octanol–water partition coefficient (Wildman–Crippen LogP) is 2.43. The Morgan fingerprint density at radius 3 is 2.47 bits per heavy atom. The number of ether oxygens (including phenoxy) is 1. The summed E-state index contributed by atoms with van der Waals surface area (Å²) < 4.78 is 50.3. The summed E-state index contributed by atoms with van der Waals surface area (Å²) in [7, 11) is 1.80. The molecule has 0 bridgehead atoms. The number of hydrogen-bond acceptors (Lipinski definition) is 6. The minimum Gasteiger partial charge on any atom is -0.475 e. The second-order valence-electron chi connectivity index (χ2n) is 8.33. The van der Waals surface area contributed by atoms with Gasteiger partial charge in [0.05, 0.1) is 19.0 Å². The molecule has 0 aromatic carbocycles. The summed E-state index contributed by atoms with van der Waals surface area (Å²) in [6.07, 6.45) is 1.37. The summed E-state index contributed by atoms with van der Waals surface area (Å²) in [5.41, 5.74) is 0.267. The highest BCUT2D eigenvalue weighted by atomic mass is 19.4. The van der Waals surface area contributed by atoms with Crippen molar-refractivity contribution in [1.29, 1.82) is 0 Å². The first-order valence-corrected chi connectivity index (χ1v) is 9.87. The highest BCUT2D eigenvalue weighted by Gasteiger charge is 2.51. The Bertz CT molecular complexity index is 729. The van der Waals surface area contributed by atoms with Crippen molar-refractivity contribution in [2.75, 3.05) is 51.3 Å². The molecule has 1 spiro atoms. The molecule has 0 radical (unpaired) electrons. The molecule has 4 rings (SSSR count). The zero-order valence-corrected chi connectivity index (χ0v) is 16.7. The molecule has 3 heterocycles. The highest BCUT2D eigenvalue weighted by Crippen LogP contribution is 2.45. The van der Waals surface area contributed by atoms with E-state index in [1.807, 2.05) is 0 Å². The van der Waals surface area contributed by atoms with E-state index in [0.29, 0.717) is 11.9 Å². The first kappa shape index (κ1) is 22.7. The van der Waals surface area contributed by atoms with Gasteiger partial charge in [-0.05, 0) is 25.2 Å². The van der Waals surface area contributed by atoms with Crippen LogP contribution in [0.4, 0.5) is 23.5 Å². The van der Waals surface area contributed by atoms with Crippen LogP contribution >= 0.6 is 0 Å². The Morgan fingerprint density at radius 1 is 1.30 bits per heavy atom. The number of aromatic nitrogens is 2. The van der Waals surface area contributed by atoms with E-state index in [1.165, 1.54) is 31.8 Å². The quantitative estimate of drug-likeness (QED) is 0.713. The van der Waals surface area contributed by atoms with Crippen LogP contribution in [-0.4, -0.2) is 78.6 Å². The van der Waals surface area contributed by atoms with Crippen molar-refractivity contribution < 1.29 is 32.2 Å². The fraction of sp³-hybridized carbons (Fsp3) is 0.737. The van der Waals surface area contributed by atoms with Crippen molar-refractivity contribution in [3.8, 4) is 0 Å². The lowest BCUT2D eigenvalue weighted by Gasteiger charge is -2.30. The molecule has 11 heteroatoms. The van der Waals surface area contributed by atoms with Crippen LogP contribution in [0.3, 0.4) is 0 Å². The van der Waals surface area contributed by atoms with Gasteiger partial charge in [0.25, 0.3) is 0 Å². The van der Waals surface area contributed by atoms with Gasteiger partial charge < -0.3 is 19.6 Å². The van der Waals surface area contributed by atoms with Gasteiger partial charge in [-0.1, -0.05) is 0 Å². The van der Waals surface area contributed by atoms with Gasteiger partial charge in [-0.3, -0.25) is 0 Å². The number of aliphatic carboxylic acids is 1. The molecule has 1 saturated carbocycles. The molecule has 168 valence electrons. The van der Waals surface area contributed by atoms with Gasteiger partial charge >= 0.3 is 12.1 Å². The topological polar surface area (TPSA) is 78.8 Å². The van der Waals surface area contributed by atoms with Gasteiger partial charge in [-0.2, -0.15) is 13.2 Å². The zero-order chi connectivity index (χ0) is 21.9. The summed E-state index contributed by atoms with van der Waals surface area (Å²) >= 11 is 0. The van der Waals surface area contributed by atoms with Gasteiger partial charge in [0.2, 0.25) is 5.95 Å². The molecule has 0 amide bonds. The average Bonchev–Trinajstić information content (AvgIpc) is 3.29. The van der Waals surface area contributed by atoms with Crippen LogP contribution < -0.4 is 4.90 Å². The van der Waals surface area contributed by atoms with E-state index < -0.39 is 12.1 Å². The van der Waals surface area contributed by atoms with E-state index in [9.17, 15) is 17.6 Å². The molecule has 1 aromatic rings. The molecule has 2 atom stereocenters. The van der Waals surface area contributed by atoms with Crippen LogP contribution in [0.1, 0.15) is 19.3 Å². The van der Waals surface area contributed by atoms with Crippen LogP contribution in [0.25, 0.3) is 0 Å². The molecule has 7 nitrogen and oxygen atoms in total. The fourth-order valence-electron chi connectivity index (χ4n) is 4.38. The smallest absolute Gasteiger partial charge is 0.475 e. The van der Waals surface area contributed by atoms with E-state index in [4.69, 9.17) is 14.6 Å². The SMILES string of the molecule is COC[C@H]1CN(CC2CC2)C[C@@]12CCN(c1ncc(F)cn1)C2.O=C(O)C(F)(F)F. The van der Waals surface area contributed by atoms with Crippen molar-refractivity contribution in [3.63, 3.8) is 0 Å². The highest BCUT2D eigenvalue weighted by molar-refractivity contribution is 5.73. The molecule has 2 aliphatic heterocycles. The van der Waals surface area contributed by atoms with E-state index in [2.05, 4.69) is 19.8 Å². The monoisotopic (exact) mass is 434 g/mol.